The molecule has 4 nitrogen and oxygen atoms in total. The van der Waals surface area contributed by atoms with Gasteiger partial charge < -0.3 is 15.2 Å². The molecule has 2 aromatic rings. The first-order valence-corrected chi connectivity index (χ1v) is 7.24. The second-order valence-electron chi connectivity index (χ2n) is 5.02. The van der Waals surface area contributed by atoms with E-state index >= 15 is 0 Å². The van der Waals surface area contributed by atoms with E-state index in [0.717, 1.165) is 35.1 Å². The molecule has 0 spiro atoms. The van der Waals surface area contributed by atoms with Crippen LogP contribution in [0.2, 0.25) is 5.02 Å². The predicted octanol–water partition coefficient (Wildman–Crippen LogP) is 3.05. The first-order chi connectivity index (χ1) is 9.31. The molecule has 1 aliphatic rings. The highest BCUT2D eigenvalue weighted by Gasteiger charge is 2.21. The molecule has 0 radical (unpaired) electrons. The van der Waals surface area contributed by atoms with E-state index < -0.39 is 0 Å². The molecule has 1 saturated heterocycles. The maximum Gasteiger partial charge on any atom is 0.203 e. The molecule has 1 fully saturated rings. The number of nitrogens with zero attached hydrogens (tertiary/aromatic N) is 2. The van der Waals surface area contributed by atoms with Crippen molar-refractivity contribution in [1.29, 1.82) is 0 Å². The van der Waals surface area contributed by atoms with Crippen LogP contribution in [0.25, 0.3) is 11.0 Å². The maximum atomic E-state index is 6.38. The summed E-state index contributed by atoms with van der Waals surface area (Å²) in [4.78, 5) is 4.64. The topological polar surface area (TPSA) is 41.9 Å². The van der Waals surface area contributed by atoms with Crippen molar-refractivity contribution in [2.24, 2.45) is 0 Å². The van der Waals surface area contributed by atoms with Gasteiger partial charge in [0.1, 0.15) is 0 Å². The number of fused-ring (bicyclic) bond motifs is 1. The summed E-state index contributed by atoms with van der Waals surface area (Å²) in [5.41, 5.74) is 2.00. The molecule has 0 bridgehead atoms. The van der Waals surface area contributed by atoms with Crippen LogP contribution in [0.1, 0.15) is 25.3 Å². The Kier molecular flexibility index (Phi) is 3.62. The Labute approximate surface area is 118 Å². The van der Waals surface area contributed by atoms with Crippen LogP contribution in [0, 0.1) is 0 Å². The van der Waals surface area contributed by atoms with Crippen LogP contribution in [0.15, 0.2) is 18.2 Å². The molecule has 0 amide bonds. The number of para-hydroxylation sites is 1. The molecule has 19 heavy (non-hydrogen) atoms. The van der Waals surface area contributed by atoms with Gasteiger partial charge in [-0.25, -0.2) is 4.98 Å². The van der Waals surface area contributed by atoms with Crippen molar-refractivity contribution in [3.63, 3.8) is 0 Å². The molecular weight excluding hydrogens is 260 g/mol. The van der Waals surface area contributed by atoms with E-state index in [2.05, 4.69) is 20.2 Å². The number of halogens is 1. The van der Waals surface area contributed by atoms with Gasteiger partial charge in [-0.15, -0.1) is 0 Å². The average molecular weight is 279 g/mol. The van der Waals surface area contributed by atoms with Gasteiger partial charge in [-0.05, 0) is 31.5 Å². The normalized spacial score (nSPS) is 20.4. The van der Waals surface area contributed by atoms with Gasteiger partial charge in [0.2, 0.25) is 5.95 Å². The molecule has 1 aromatic heterocycles. The summed E-state index contributed by atoms with van der Waals surface area (Å²) < 4.78 is 2.26. The highest BCUT2D eigenvalue weighted by molar-refractivity contribution is 6.35. The summed E-state index contributed by atoms with van der Waals surface area (Å²) in [5.74, 6) is 0.900. The Morgan fingerprint density at radius 1 is 1.42 bits per heavy atom. The van der Waals surface area contributed by atoms with Crippen molar-refractivity contribution in [2.75, 3.05) is 25.5 Å². The van der Waals surface area contributed by atoms with Crippen LogP contribution < -0.4 is 10.6 Å². The minimum Gasteiger partial charge on any atom is -0.359 e. The molecule has 1 aliphatic heterocycles. The van der Waals surface area contributed by atoms with E-state index in [1.165, 1.54) is 19.3 Å². The number of hydrogen-bond acceptors (Lipinski definition) is 3. The number of aromatic nitrogens is 2. The molecule has 2 N–H and O–H groups in total. The van der Waals surface area contributed by atoms with E-state index in [1.807, 2.05) is 25.2 Å². The van der Waals surface area contributed by atoms with Crippen molar-refractivity contribution >= 4 is 28.6 Å². The second-order valence-corrected chi connectivity index (χ2v) is 5.42. The van der Waals surface area contributed by atoms with E-state index in [-0.39, 0.29) is 0 Å². The van der Waals surface area contributed by atoms with Gasteiger partial charge in [-0.1, -0.05) is 24.1 Å². The fraction of sp³-hybridized carbons (Fsp3) is 0.500. The smallest absolute Gasteiger partial charge is 0.203 e. The van der Waals surface area contributed by atoms with Crippen molar-refractivity contribution in [1.82, 2.24) is 14.9 Å². The number of benzene rings is 1. The number of nitrogens with one attached hydrogen (secondary N) is 2. The number of rotatable bonds is 2. The highest BCUT2D eigenvalue weighted by atomic mass is 35.5. The monoisotopic (exact) mass is 278 g/mol. The molecule has 3 rings (SSSR count). The van der Waals surface area contributed by atoms with Gasteiger partial charge in [0.15, 0.2) is 0 Å². The fourth-order valence-corrected chi connectivity index (χ4v) is 3.12. The zero-order valence-electron chi connectivity index (χ0n) is 11.1. The van der Waals surface area contributed by atoms with Crippen LogP contribution in [0.4, 0.5) is 5.95 Å². The molecular formula is C14H19ClN4. The molecule has 102 valence electrons. The molecule has 1 atom stereocenters. The molecule has 1 aromatic carbocycles. The third-order valence-corrected chi connectivity index (χ3v) is 4.08. The Hall–Kier alpha value is -1.26. The molecule has 2 heterocycles. The number of anilines is 1. The molecule has 0 aliphatic carbocycles. The van der Waals surface area contributed by atoms with Crippen LogP contribution in [0.3, 0.4) is 0 Å². The van der Waals surface area contributed by atoms with Crippen molar-refractivity contribution in [2.45, 2.75) is 25.3 Å². The summed E-state index contributed by atoms with van der Waals surface area (Å²) in [7, 11) is 1.91. The lowest BCUT2D eigenvalue weighted by Gasteiger charge is -2.20. The maximum absolute atomic E-state index is 6.38. The summed E-state index contributed by atoms with van der Waals surface area (Å²) in [6, 6.07) is 6.32. The summed E-state index contributed by atoms with van der Waals surface area (Å²) in [6.45, 7) is 2.08. The number of hydrogen-bond donors (Lipinski definition) is 2. The zero-order valence-corrected chi connectivity index (χ0v) is 11.9. The SMILES string of the molecule is CNc1nc2cccc(Cl)c2n1C1CCCCNC1. The van der Waals surface area contributed by atoms with E-state index in [4.69, 9.17) is 11.6 Å². The van der Waals surface area contributed by atoms with Gasteiger partial charge in [0.05, 0.1) is 16.1 Å². The Balaban J connectivity index is 2.14. The van der Waals surface area contributed by atoms with E-state index in [1.54, 1.807) is 0 Å². The third kappa shape index (κ3) is 2.30. The van der Waals surface area contributed by atoms with Crippen molar-refractivity contribution < 1.29 is 0 Å². The Morgan fingerprint density at radius 2 is 2.32 bits per heavy atom. The highest BCUT2D eigenvalue weighted by Crippen LogP contribution is 2.32. The lowest BCUT2D eigenvalue weighted by Crippen LogP contribution is -2.24. The Bertz CT molecular complexity index is 570. The molecule has 0 saturated carbocycles. The van der Waals surface area contributed by atoms with Crippen LogP contribution >= 0.6 is 11.6 Å². The first kappa shape index (κ1) is 12.8. The van der Waals surface area contributed by atoms with Gasteiger partial charge in [0.25, 0.3) is 0 Å². The summed E-state index contributed by atoms with van der Waals surface area (Å²) in [5, 5.41) is 7.47. The largest absolute Gasteiger partial charge is 0.359 e. The van der Waals surface area contributed by atoms with E-state index in [9.17, 15) is 0 Å². The molecule has 5 heteroatoms. The third-order valence-electron chi connectivity index (χ3n) is 3.77. The minimum absolute atomic E-state index is 0.412. The zero-order chi connectivity index (χ0) is 13.2. The standard InChI is InChI=1S/C14H19ClN4/c1-16-14-18-12-7-4-6-11(15)13(12)19(14)10-5-2-3-8-17-9-10/h4,6-7,10,17H,2-3,5,8-9H2,1H3,(H,16,18). The second kappa shape index (κ2) is 5.39. The minimum atomic E-state index is 0.412. The number of imidazole rings is 1. The lowest BCUT2D eigenvalue weighted by molar-refractivity contribution is 0.476. The van der Waals surface area contributed by atoms with Gasteiger partial charge in [0, 0.05) is 19.6 Å². The van der Waals surface area contributed by atoms with Crippen LogP contribution in [-0.2, 0) is 0 Å². The lowest BCUT2D eigenvalue weighted by atomic mass is 10.1. The van der Waals surface area contributed by atoms with Crippen LogP contribution in [0.5, 0.6) is 0 Å². The fourth-order valence-electron chi connectivity index (χ4n) is 2.86. The Morgan fingerprint density at radius 3 is 3.16 bits per heavy atom. The summed E-state index contributed by atoms with van der Waals surface area (Å²) in [6.07, 6.45) is 3.65. The van der Waals surface area contributed by atoms with Crippen molar-refractivity contribution in [3.8, 4) is 0 Å². The van der Waals surface area contributed by atoms with E-state index in [0.29, 0.717) is 6.04 Å². The average Bonchev–Trinajstić information content (AvgIpc) is 2.60. The van der Waals surface area contributed by atoms with Crippen molar-refractivity contribution in [3.05, 3.63) is 23.2 Å². The summed E-state index contributed by atoms with van der Waals surface area (Å²) >= 11 is 6.38. The predicted molar refractivity (Wildman–Crippen MR) is 80.0 cm³/mol. The molecule has 1 unspecified atom stereocenters. The van der Waals surface area contributed by atoms with Gasteiger partial charge in [-0.2, -0.15) is 0 Å². The van der Waals surface area contributed by atoms with Crippen LogP contribution in [-0.4, -0.2) is 29.7 Å². The van der Waals surface area contributed by atoms with Gasteiger partial charge >= 0.3 is 0 Å². The first-order valence-electron chi connectivity index (χ1n) is 6.86. The van der Waals surface area contributed by atoms with Gasteiger partial charge in [-0.3, -0.25) is 0 Å². The quantitative estimate of drug-likeness (QED) is 0.887.